The summed E-state index contributed by atoms with van der Waals surface area (Å²) in [5, 5.41) is 9.56. The zero-order valence-corrected chi connectivity index (χ0v) is 16.8. The summed E-state index contributed by atoms with van der Waals surface area (Å²) in [6.45, 7) is 0.515. The first-order valence-corrected chi connectivity index (χ1v) is 10.0. The lowest BCUT2D eigenvalue weighted by Gasteiger charge is -2.14. The number of nitrogens with one attached hydrogen (secondary N) is 3. The van der Waals surface area contributed by atoms with Crippen molar-refractivity contribution in [2.75, 3.05) is 11.9 Å². The number of hydrogen-bond donors (Lipinski definition) is 3. The maximum atomic E-state index is 12.4. The predicted octanol–water partition coefficient (Wildman–Crippen LogP) is 2.37. The molecule has 0 radical (unpaired) electrons. The summed E-state index contributed by atoms with van der Waals surface area (Å²) in [7, 11) is 2.01. The number of carbonyl (C=O) groups excluding carboxylic acids is 3. The van der Waals surface area contributed by atoms with Crippen LogP contribution >= 0.6 is 0 Å². The second-order valence-corrected chi connectivity index (χ2v) is 7.48. The van der Waals surface area contributed by atoms with Crippen LogP contribution in [0.5, 0.6) is 0 Å². The lowest BCUT2D eigenvalue weighted by molar-refractivity contribution is -0.121. The molecular weight excluding hydrogens is 380 g/mol. The highest BCUT2D eigenvalue weighted by Crippen LogP contribution is 2.21. The first kappa shape index (κ1) is 19.7. The molecule has 3 aromatic rings. The van der Waals surface area contributed by atoms with Gasteiger partial charge in [0.2, 0.25) is 11.8 Å². The smallest absolute Gasteiger partial charge is 0.254 e. The van der Waals surface area contributed by atoms with Gasteiger partial charge in [0, 0.05) is 37.1 Å². The SMILES string of the molecule is Cn1cc(CCNC(=O)CC[C@@H]2NC(=O)c3ccccc3NC2=O)c2ccccc21. The number of para-hydroxylation sites is 2. The summed E-state index contributed by atoms with van der Waals surface area (Å²) in [6.07, 6.45) is 3.21. The van der Waals surface area contributed by atoms with E-state index in [0.29, 0.717) is 17.8 Å². The Hall–Kier alpha value is -3.61. The number of hydrogen-bond acceptors (Lipinski definition) is 3. The minimum absolute atomic E-state index is 0.140. The van der Waals surface area contributed by atoms with Crippen molar-refractivity contribution in [2.24, 2.45) is 7.05 Å². The van der Waals surface area contributed by atoms with Gasteiger partial charge in [0.1, 0.15) is 6.04 Å². The third-order valence-electron chi connectivity index (χ3n) is 5.41. The van der Waals surface area contributed by atoms with E-state index in [1.807, 2.05) is 19.2 Å². The van der Waals surface area contributed by atoms with E-state index in [0.717, 1.165) is 11.9 Å². The molecule has 0 unspecified atom stereocenters. The second kappa shape index (κ2) is 8.41. The lowest BCUT2D eigenvalue weighted by atomic mass is 10.1. The summed E-state index contributed by atoms with van der Waals surface area (Å²) < 4.78 is 2.08. The number of anilines is 1. The molecule has 0 aliphatic carbocycles. The van der Waals surface area contributed by atoms with Crippen LogP contribution in [0.3, 0.4) is 0 Å². The van der Waals surface area contributed by atoms with Crippen molar-refractivity contribution < 1.29 is 14.4 Å². The van der Waals surface area contributed by atoms with Crippen molar-refractivity contribution in [3.8, 4) is 0 Å². The average molecular weight is 404 g/mol. The number of aromatic nitrogens is 1. The van der Waals surface area contributed by atoms with E-state index in [1.165, 1.54) is 10.9 Å². The standard InChI is InChI=1S/C23H24N4O3/c1-27-14-15(16-6-3-5-9-20(16)27)12-13-24-21(28)11-10-19-23(30)25-18-8-4-2-7-17(18)22(29)26-19/h2-9,14,19H,10-13H2,1H3,(H,24,28)(H,25,30)(H,26,29)/t19-/m0/s1. The number of aryl methyl sites for hydroxylation is 1. The molecule has 0 saturated heterocycles. The van der Waals surface area contributed by atoms with Crippen LogP contribution in [-0.4, -0.2) is 34.9 Å². The van der Waals surface area contributed by atoms with Crippen molar-refractivity contribution >= 4 is 34.3 Å². The molecule has 1 aliphatic rings. The van der Waals surface area contributed by atoms with Crippen LogP contribution in [0.15, 0.2) is 54.7 Å². The van der Waals surface area contributed by atoms with Gasteiger partial charge in [0.15, 0.2) is 0 Å². The van der Waals surface area contributed by atoms with Gasteiger partial charge < -0.3 is 20.5 Å². The van der Waals surface area contributed by atoms with E-state index in [9.17, 15) is 14.4 Å². The van der Waals surface area contributed by atoms with Crippen LogP contribution in [-0.2, 0) is 23.1 Å². The molecule has 0 fully saturated rings. The molecule has 3 N–H and O–H groups in total. The summed E-state index contributed by atoms with van der Waals surface area (Å²) in [5.74, 6) is -0.763. The van der Waals surface area contributed by atoms with Gasteiger partial charge in [-0.25, -0.2) is 0 Å². The number of benzene rings is 2. The molecule has 1 atom stereocenters. The van der Waals surface area contributed by atoms with Crippen molar-refractivity contribution in [1.82, 2.24) is 15.2 Å². The fourth-order valence-electron chi connectivity index (χ4n) is 3.84. The molecule has 7 heteroatoms. The van der Waals surface area contributed by atoms with Crippen LogP contribution < -0.4 is 16.0 Å². The van der Waals surface area contributed by atoms with Gasteiger partial charge >= 0.3 is 0 Å². The number of amides is 3. The average Bonchev–Trinajstić information content (AvgIpc) is 3.00. The third-order valence-corrected chi connectivity index (χ3v) is 5.41. The van der Waals surface area contributed by atoms with Crippen molar-refractivity contribution in [3.05, 3.63) is 65.9 Å². The van der Waals surface area contributed by atoms with Gasteiger partial charge in [-0.3, -0.25) is 14.4 Å². The van der Waals surface area contributed by atoms with Crippen LogP contribution in [0.25, 0.3) is 10.9 Å². The number of rotatable bonds is 6. The molecule has 154 valence electrons. The lowest BCUT2D eigenvalue weighted by Crippen LogP contribution is -2.42. The predicted molar refractivity (Wildman–Crippen MR) is 115 cm³/mol. The molecule has 3 amide bonds. The Morgan fingerprint density at radius 2 is 1.87 bits per heavy atom. The molecule has 1 aliphatic heterocycles. The van der Waals surface area contributed by atoms with Gasteiger partial charge in [-0.15, -0.1) is 0 Å². The Kier molecular flexibility index (Phi) is 5.52. The molecule has 7 nitrogen and oxygen atoms in total. The minimum Gasteiger partial charge on any atom is -0.356 e. The van der Waals surface area contributed by atoms with Gasteiger partial charge in [-0.1, -0.05) is 30.3 Å². The van der Waals surface area contributed by atoms with E-state index in [-0.39, 0.29) is 30.6 Å². The van der Waals surface area contributed by atoms with Crippen molar-refractivity contribution in [1.29, 1.82) is 0 Å². The zero-order valence-electron chi connectivity index (χ0n) is 16.8. The second-order valence-electron chi connectivity index (χ2n) is 7.48. The number of fused-ring (bicyclic) bond motifs is 2. The molecular formula is C23H24N4O3. The van der Waals surface area contributed by atoms with Crippen molar-refractivity contribution in [2.45, 2.75) is 25.3 Å². The molecule has 4 rings (SSSR count). The maximum absolute atomic E-state index is 12.4. The molecule has 2 heterocycles. The molecule has 1 aromatic heterocycles. The van der Waals surface area contributed by atoms with Gasteiger partial charge in [-0.2, -0.15) is 0 Å². The summed E-state index contributed by atoms with van der Waals surface area (Å²) >= 11 is 0. The van der Waals surface area contributed by atoms with Crippen LogP contribution in [0.1, 0.15) is 28.8 Å². The van der Waals surface area contributed by atoms with E-state index in [2.05, 4.69) is 38.8 Å². The van der Waals surface area contributed by atoms with Crippen molar-refractivity contribution in [3.63, 3.8) is 0 Å². The molecule has 0 spiro atoms. The van der Waals surface area contributed by atoms with E-state index < -0.39 is 6.04 Å². The number of carbonyl (C=O) groups is 3. The van der Waals surface area contributed by atoms with Gasteiger partial charge in [0.05, 0.1) is 11.3 Å². The zero-order chi connectivity index (χ0) is 21.1. The van der Waals surface area contributed by atoms with E-state index >= 15 is 0 Å². The van der Waals surface area contributed by atoms with Gasteiger partial charge in [0.25, 0.3) is 5.91 Å². The largest absolute Gasteiger partial charge is 0.356 e. The summed E-state index contributed by atoms with van der Waals surface area (Å²) in [6, 6.07) is 14.3. The topological polar surface area (TPSA) is 92.2 Å². The highest BCUT2D eigenvalue weighted by Gasteiger charge is 2.27. The summed E-state index contributed by atoms with van der Waals surface area (Å²) in [4.78, 5) is 37.0. The van der Waals surface area contributed by atoms with E-state index in [1.54, 1.807) is 24.3 Å². The fraction of sp³-hybridized carbons (Fsp3) is 0.261. The normalized spacial score (nSPS) is 15.8. The third kappa shape index (κ3) is 4.05. The molecule has 30 heavy (non-hydrogen) atoms. The van der Waals surface area contributed by atoms with Gasteiger partial charge in [-0.05, 0) is 36.6 Å². The minimum atomic E-state index is -0.742. The Morgan fingerprint density at radius 3 is 2.73 bits per heavy atom. The van der Waals surface area contributed by atoms with Crippen LogP contribution in [0.2, 0.25) is 0 Å². The first-order chi connectivity index (χ1) is 14.5. The van der Waals surface area contributed by atoms with E-state index in [4.69, 9.17) is 0 Å². The number of nitrogens with zero attached hydrogens (tertiary/aromatic N) is 1. The molecule has 0 bridgehead atoms. The molecule has 2 aromatic carbocycles. The Labute approximate surface area is 174 Å². The first-order valence-electron chi connectivity index (χ1n) is 10.0. The maximum Gasteiger partial charge on any atom is 0.254 e. The monoisotopic (exact) mass is 404 g/mol. The van der Waals surface area contributed by atoms with Crippen LogP contribution in [0, 0.1) is 0 Å². The quantitative estimate of drug-likeness (QED) is 0.589. The summed E-state index contributed by atoms with van der Waals surface area (Å²) in [5.41, 5.74) is 3.26. The highest BCUT2D eigenvalue weighted by molar-refractivity contribution is 6.09. The molecule has 0 saturated carbocycles. The Bertz CT molecular complexity index is 1120. The Balaban J connectivity index is 1.29. The Morgan fingerprint density at radius 1 is 1.10 bits per heavy atom. The van der Waals surface area contributed by atoms with Crippen LogP contribution in [0.4, 0.5) is 5.69 Å². The fourth-order valence-corrected chi connectivity index (χ4v) is 3.84. The highest BCUT2D eigenvalue weighted by atomic mass is 16.2.